The monoisotopic (exact) mass is 334 g/mol. The molecule has 1 amide bonds. The molecule has 3 nitrogen and oxygen atoms in total. The lowest BCUT2D eigenvalue weighted by molar-refractivity contribution is -0.122. The quantitative estimate of drug-likeness (QED) is 0.647. The number of amides is 1. The molecule has 130 valence electrons. The third-order valence-corrected chi connectivity index (χ3v) is 4.80. The van der Waals surface area contributed by atoms with Gasteiger partial charge in [-0.3, -0.25) is 4.79 Å². The molecule has 0 heterocycles. The minimum Gasteiger partial charge on any atom is -0.273 e. The fourth-order valence-electron chi connectivity index (χ4n) is 2.99. The van der Waals surface area contributed by atoms with Gasteiger partial charge in [-0.1, -0.05) is 74.9 Å². The van der Waals surface area contributed by atoms with Gasteiger partial charge in [-0.25, -0.2) is 5.43 Å². The van der Waals surface area contributed by atoms with E-state index < -0.39 is 0 Å². The Balaban J connectivity index is 1.54. The summed E-state index contributed by atoms with van der Waals surface area (Å²) < 4.78 is 0. The van der Waals surface area contributed by atoms with E-state index in [2.05, 4.69) is 55.6 Å². The number of nitrogens with zero attached hydrogens (tertiary/aromatic N) is 1. The Labute approximate surface area is 150 Å². The van der Waals surface area contributed by atoms with E-state index in [0.717, 1.165) is 12.0 Å². The maximum Gasteiger partial charge on any atom is 0.243 e. The topological polar surface area (TPSA) is 41.5 Å². The smallest absolute Gasteiger partial charge is 0.243 e. The summed E-state index contributed by atoms with van der Waals surface area (Å²) in [7, 11) is 0. The lowest BCUT2D eigenvalue weighted by Crippen LogP contribution is -2.20. The van der Waals surface area contributed by atoms with Gasteiger partial charge in [-0.15, -0.1) is 0 Å². The van der Waals surface area contributed by atoms with Crippen LogP contribution in [0.15, 0.2) is 53.6 Å². The van der Waals surface area contributed by atoms with E-state index in [1.807, 2.05) is 31.2 Å². The molecule has 0 radical (unpaired) electrons. The Morgan fingerprint density at radius 1 is 1.08 bits per heavy atom. The molecule has 0 spiro atoms. The second-order valence-electron chi connectivity index (χ2n) is 7.97. The van der Waals surface area contributed by atoms with Crippen molar-refractivity contribution in [3.8, 4) is 0 Å². The van der Waals surface area contributed by atoms with Gasteiger partial charge < -0.3 is 0 Å². The Morgan fingerprint density at radius 2 is 1.72 bits per heavy atom. The number of hydrazone groups is 1. The number of benzene rings is 2. The average molecular weight is 334 g/mol. The molecule has 1 fully saturated rings. The molecule has 2 aromatic rings. The number of nitrogens with one attached hydrogen (secondary N) is 1. The second-order valence-corrected chi connectivity index (χ2v) is 7.97. The number of carbonyl (C=O) groups is 1. The minimum atomic E-state index is 0.00765. The van der Waals surface area contributed by atoms with Crippen LogP contribution < -0.4 is 5.43 Å². The summed E-state index contributed by atoms with van der Waals surface area (Å²) in [6, 6.07) is 16.7. The van der Waals surface area contributed by atoms with Crippen LogP contribution in [0.3, 0.4) is 0 Å². The molecule has 1 saturated carbocycles. The van der Waals surface area contributed by atoms with Crippen LogP contribution >= 0.6 is 0 Å². The zero-order valence-electron chi connectivity index (χ0n) is 15.4. The van der Waals surface area contributed by atoms with Gasteiger partial charge in [0.25, 0.3) is 0 Å². The molecule has 0 aliphatic heterocycles. The SMILES string of the molecule is Cc1ccc(/C=N\NC(=O)[C@@H]2C[C@H]2c2ccc(C(C)(C)C)cc2)cc1. The summed E-state index contributed by atoms with van der Waals surface area (Å²) in [6.07, 6.45) is 2.59. The van der Waals surface area contributed by atoms with Crippen LogP contribution in [-0.2, 0) is 10.2 Å². The summed E-state index contributed by atoms with van der Waals surface area (Å²) in [4.78, 5) is 12.2. The molecule has 1 aliphatic rings. The van der Waals surface area contributed by atoms with Crippen LogP contribution in [0.4, 0.5) is 0 Å². The third kappa shape index (κ3) is 4.36. The van der Waals surface area contributed by atoms with Gasteiger partial charge in [0.1, 0.15) is 0 Å². The van der Waals surface area contributed by atoms with Crippen molar-refractivity contribution < 1.29 is 4.79 Å². The van der Waals surface area contributed by atoms with E-state index >= 15 is 0 Å². The first-order chi connectivity index (χ1) is 11.8. The molecule has 3 heteroatoms. The summed E-state index contributed by atoms with van der Waals surface area (Å²) in [5, 5.41) is 4.08. The van der Waals surface area contributed by atoms with Gasteiger partial charge in [0, 0.05) is 5.92 Å². The van der Waals surface area contributed by atoms with Crippen molar-refractivity contribution in [2.24, 2.45) is 11.0 Å². The van der Waals surface area contributed by atoms with Crippen LogP contribution in [0.2, 0.25) is 0 Å². The molecule has 2 aromatic carbocycles. The molecule has 3 rings (SSSR count). The van der Waals surface area contributed by atoms with Crippen molar-refractivity contribution in [2.45, 2.75) is 45.4 Å². The minimum absolute atomic E-state index is 0.00765. The van der Waals surface area contributed by atoms with E-state index in [9.17, 15) is 4.79 Å². The number of carbonyl (C=O) groups excluding carboxylic acids is 1. The highest BCUT2D eigenvalue weighted by Gasteiger charge is 2.43. The lowest BCUT2D eigenvalue weighted by Gasteiger charge is -2.19. The van der Waals surface area contributed by atoms with Crippen LogP contribution in [0.5, 0.6) is 0 Å². The molecule has 1 N–H and O–H groups in total. The first kappa shape index (κ1) is 17.4. The highest BCUT2D eigenvalue weighted by molar-refractivity contribution is 5.85. The molecule has 0 bridgehead atoms. The molecule has 0 aromatic heterocycles. The van der Waals surface area contributed by atoms with E-state index in [1.165, 1.54) is 16.7 Å². The van der Waals surface area contributed by atoms with Gasteiger partial charge >= 0.3 is 0 Å². The lowest BCUT2D eigenvalue weighted by atomic mass is 9.86. The standard InChI is InChI=1S/C22H26N2O/c1-15-5-7-16(8-6-15)14-23-24-21(25)20-13-19(20)17-9-11-18(12-10-17)22(2,3)4/h5-12,14,19-20H,13H2,1-4H3,(H,24,25)/b23-14-/t19-,20+/m0/s1. The highest BCUT2D eigenvalue weighted by atomic mass is 16.2. The van der Waals surface area contributed by atoms with Crippen LogP contribution in [-0.4, -0.2) is 12.1 Å². The molecular formula is C22H26N2O. The zero-order valence-corrected chi connectivity index (χ0v) is 15.4. The van der Waals surface area contributed by atoms with E-state index in [1.54, 1.807) is 6.21 Å². The van der Waals surface area contributed by atoms with Crippen LogP contribution in [0.1, 0.15) is 55.4 Å². The van der Waals surface area contributed by atoms with Crippen molar-refractivity contribution in [2.75, 3.05) is 0 Å². The number of hydrogen-bond donors (Lipinski definition) is 1. The Kier molecular flexibility index (Phi) is 4.76. The number of rotatable bonds is 4. The maximum absolute atomic E-state index is 12.2. The van der Waals surface area contributed by atoms with Crippen molar-refractivity contribution >= 4 is 12.1 Å². The van der Waals surface area contributed by atoms with E-state index in [4.69, 9.17) is 0 Å². The zero-order chi connectivity index (χ0) is 18.0. The van der Waals surface area contributed by atoms with Crippen LogP contribution in [0, 0.1) is 12.8 Å². The fraction of sp³-hybridized carbons (Fsp3) is 0.364. The van der Waals surface area contributed by atoms with E-state index in [0.29, 0.717) is 5.92 Å². The second kappa shape index (κ2) is 6.83. The number of hydrogen-bond acceptors (Lipinski definition) is 2. The summed E-state index contributed by atoms with van der Waals surface area (Å²) >= 11 is 0. The maximum atomic E-state index is 12.2. The van der Waals surface area contributed by atoms with Gasteiger partial charge in [0.15, 0.2) is 0 Å². The summed E-state index contributed by atoms with van der Waals surface area (Å²) in [6.45, 7) is 8.67. The van der Waals surface area contributed by atoms with Crippen molar-refractivity contribution in [3.05, 3.63) is 70.8 Å². The Hall–Kier alpha value is -2.42. The van der Waals surface area contributed by atoms with Crippen LogP contribution in [0.25, 0.3) is 0 Å². The van der Waals surface area contributed by atoms with Gasteiger partial charge in [-0.05, 0) is 41.4 Å². The average Bonchev–Trinajstić information content (AvgIpc) is 3.37. The molecule has 0 saturated heterocycles. The molecule has 2 atom stereocenters. The summed E-state index contributed by atoms with van der Waals surface area (Å²) in [5.41, 5.74) is 7.59. The van der Waals surface area contributed by atoms with Gasteiger partial charge in [0.2, 0.25) is 5.91 Å². The highest BCUT2D eigenvalue weighted by Crippen LogP contribution is 2.47. The first-order valence-electron chi connectivity index (χ1n) is 8.84. The van der Waals surface area contributed by atoms with Crippen molar-refractivity contribution in [3.63, 3.8) is 0 Å². The number of aryl methyl sites for hydroxylation is 1. The molecular weight excluding hydrogens is 308 g/mol. The Morgan fingerprint density at radius 3 is 2.32 bits per heavy atom. The summed E-state index contributed by atoms with van der Waals surface area (Å²) in [5.74, 6) is 0.368. The largest absolute Gasteiger partial charge is 0.273 e. The first-order valence-corrected chi connectivity index (χ1v) is 8.84. The molecule has 1 aliphatic carbocycles. The van der Waals surface area contributed by atoms with Crippen molar-refractivity contribution in [1.82, 2.24) is 5.43 Å². The van der Waals surface area contributed by atoms with Gasteiger partial charge in [-0.2, -0.15) is 5.10 Å². The molecule has 0 unspecified atom stereocenters. The Bertz CT molecular complexity index is 767. The predicted molar refractivity (Wildman–Crippen MR) is 103 cm³/mol. The molecule has 25 heavy (non-hydrogen) atoms. The normalized spacial score (nSPS) is 19.8. The third-order valence-electron chi connectivity index (χ3n) is 4.80. The van der Waals surface area contributed by atoms with Crippen molar-refractivity contribution in [1.29, 1.82) is 0 Å². The van der Waals surface area contributed by atoms with E-state index in [-0.39, 0.29) is 17.2 Å². The van der Waals surface area contributed by atoms with Gasteiger partial charge in [0.05, 0.1) is 6.21 Å². The fourth-order valence-corrected chi connectivity index (χ4v) is 2.99. The predicted octanol–water partition coefficient (Wildman–Crippen LogP) is 4.55.